The third-order valence-electron chi connectivity index (χ3n) is 3.14. The predicted octanol–water partition coefficient (Wildman–Crippen LogP) is 3.60. The van der Waals surface area contributed by atoms with Crippen LogP contribution >= 0.6 is 12.2 Å². The lowest BCUT2D eigenvalue weighted by Crippen LogP contribution is -2.21. The van der Waals surface area contributed by atoms with Crippen LogP contribution < -0.4 is 11.1 Å². The highest BCUT2D eigenvalue weighted by molar-refractivity contribution is 7.80. The van der Waals surface area contributed by atoms with Crippen molar-refractivity contribution in [2.45, 2.75) is 65.2 Å². The van der Waals surface area contributed by atoms with E-state index in [2.05, 4.69) is 35.2 Å². The van der Waals surface area contributed by atoms with Crippen molar-refractivity contribution >= 4 is 23.3 Å². The second-order valence-corrected chi connectivity index (χ2v) is 5.52. The van der Waals surface area contributed by atoms with E-state index in [0.717, 1.165) is 37.1 Å². The Bertz CT molecular complexity index is 392. The van der Waals surface area contributed by atoms with Crippen LogP contribution in [0.5, 0.6) is 0 Å². The molecule has 3 N–H and O–H groups in total. The molecule has 1 rings (SSSR count). The molecule has 0 saturated heterocycles. The first-order valence-corrected chi connectivity index (χ1v) is 7.99. The van der Waals surface area contributed by atoms with Crippen LogP contribution in [0.1, 0.15) is 63.8 Å². The Morgan fingerprint density at radius 2 is 1.55 bits per heavy atom. The number of aromatic nitrogens is 2. The van der Waals surface area contributed by atoms with Gasteiger partial charge in [0.2, 0.25) is 5.95 Å². The number of nitrogens with one attached hydrogen (secondary N) is 1. The van der Waals surface area contributed by atoms with Gasteiger partial charge in [0.05, 0.1) is 0 Å². The first kappa shape index (κ1) is 16.8. The maximum Gasteiger partial charge on any atom is 0.229 e. The predicted molar refractivity (Wildman–Crippen MR) is 88.9 cm³/mol. The van der Waals surface area contributed by atoms with Crippen LogP contribution in [0.25, 0.3) is 0 Å². The maximum absolute atomic E-state index is 5.51. The molecule has 0 saturated carbocycles. The fourth-order valence-electron chi connectivity index (χ4n) is 2.09. The van der Waals surface area contributed by atoms with Gasteiger partial charge in [0.1, 0.15) is 0 Å². The van der Waals surface area contributed by atoms with Crippen LogP contribution in [0.15, 0.2) is 6.07 Å². The molecule has 1 aromatic heterocycles. The van der Waals surface area contributed by atoms with Gasteiger partial charge in [-0.25, -0.2) is 9.97 Å². The van der Waals surface area contributed by atoms with E-state index in [1.807, 2.05) is 0 Å². The molecule has 0 unspecified atom stereocenters. The van der Waals surface area contributed by atoms with Crippen molar-refractivity contribution < 1.29 is 0 Å². The Balaban J connectivity index is 2.74. The van der Waals surface area contributed by atoms with Gasteiger partial charge < -0.3 is 11.1 Å². The first-order chi connectivity index (χ1) is 9.65. The van der Waals surface area contributed by atoms with Gasteiger partial charge in [0.25, 0.3) is 0 Å². The number of hydrogen-bond acceptors (Lipinski definition) is 3. The average Bonchev–Trinajstić information content (AvgIpc) is 2.38. The summed E-state index contributed by atoms with van der Waals surface area (Å²) in [7, 11) is 0. The minimum atomic E-state index is 0.218. The molecule has 0 bridgehead atoms. The normalized spacial score (nSPS) is 10.5. The van der Waals surface area contributed by atoms with Crippen LogP contribution in [0.2, 0.25) is 0 Å². The molecule has 4 nitrogen and oxygen atoms in total. The molecule has 0 aliphatic rings. The fourth-order valence-corrected chi connectivity index (χ4v) is 2.18. The molecular formula is C15H26N4S. The lowest BCUT2D eigenvalue weighted by Gasteiger charge is -2.09. The quantitative estimate of drug-likeness (QED) is 0.538. The molecular weight excluding hydrogens is 268 g/mol. The largest absolute Gasteiger partial charge is 0.376 e. The number of nitrogens with zero attached hydrogens (tertiary/aromatic N) is 2. The second kappa shape index (κ2) is 9.64. The summed E-state index contributed by atoms with van der Waals surface area (Å²) in [5.74, 6) is 0.540. The van der Waals surface area contributed by atoms with Crippen molar-refractivity contribution in [3.05, 3.63) is 17.5 Å². The molecule has 0 aliphatic heterocycles. The lowest BCUT2D eigenvalue weighted by atomic mass is 10.1. The molecule has 0 fully saturated rings. The monoisotopic (exact) mass is 294 g/mol. The number of anilines is 1. The first-order valence-electron chi connectivity index (χ1n) is 7.59. The zero-order chi connectivity index (χ0) is 14.8. The van der Waals surface area contributed by atoms with Crippen molar-refractivity contribution in [2.75, 3.05) is 5.32 Å². The Hall–Kier alpha value is -1.23. The number of unbranched alkanes of at least 4 members (excludes halogenated alkanes) is 4. The van der Waals surface area contributed by atoms with Gasteiger partial charge >= 0.3 is 0 Å². The van der Waals surface area contributed by atoms with Crippen molar-refractivity contribution in [3.63, 3.8) is 0 Å². The minimum Gasteiger partial charge on any atom is -0.376 e. The smallest absolute Gasteiger partial charge is 0.229 e. The molecule has 1 heterocycles. The van der Waals surface area contributed by atoms with E-state index in [0.29, 0.717) is 5.95 Å². The molecule has 0 spiro atoms. The number of rotatable bonds is 9. The highest BCUT2D eigenvalue weighted by atomic mass is 32.1. The second-order valence-electron chi connectivity index (χ2n) is 5.08. The number of aryl methyl sites for hydroxylation is 2. The molecule has 112 valence electrons. The van der Waals surface area contributed by atoms with E-state index in [9.17, 15) is 0 Å². The van der Waals surface area contributed by atoms with Crippen LogP contribution in [0.3, 0.4) is 0 Å². The van der Waals surface area contributed by atoms with E-state index >= 15 is 0 Å². The summed E-state index contributed by atoms with van der Waals surface area (Å²) in [5, 5.41) is 3.07. The number of hydrogen-bond donors (Lipinski definition) is 2. The summed E-state index contributed by atoms with van der Waals surface area (Å²) in [6.07, 6.45) is 9.19. The fraction of sp³-hybridized carbons (Fsp3) is 0.667. The van der Waals surface area contributed by atoms with Crippen LogP contribution in [0.4, 0.5) is 5.95 Å². The molecule has 5 heteroatoms. The van der Waals surface area contributed by atoms with Gasteiger partial charge in [-0.15, -0.1) is 0 Å². The van der Waals surface area contributed by atoms with Gasteiger partial charge in [0.15, 0.2) is 5.11 Å². The molecule has 0 atom stereocenters. The Morgan fingerprint density at radius 3 is 1.95 bits per heavy atom. The summed E-state index contributed by atoms with van der Waals surface area (Å²) in [5.41, 5.74) is 7.67. The van der Waals surface area contributed by atoms with Gasteiger partial charge in [-0.1, -0.05) is 39.5 Å². The molecule has 0 amide bonds. The van der Waals surface area contributed by atoms with Crippen LogP contribution in [-0.2, 0) is 12.8 Å². The van der Waals surface area contributed by atoms with E-state index in [1.54, 1.807) is 0 Å². The van der Waals surface area contributed by atoms with E-state index < -0.39 is 0 Å². The average molecular weight is 294 g/mol. The highest BCUT2D eigenvalue weighted by Gasteiger charge is 2.05. The molecule has 0 radical (unpaired) electrons. The molecule has 1 aromatic rings. The van der Waals surface area contributed by atoms with E-state index in [4.69, 9.17) is 18.0 Å². The zero-order valence-electron chi connectivity index (χ0n) is 12.6. The SMILES string of the molecule is CCCCCc1cc(CCCCC)nc(NC(N)=S)n1. The minimum absolute atomic E-state index is 0.218. The standard InChI is InChI=1S/C15H26N4S/c1-3-5-7-9-12-11-13(10-8-6-4-2)18-15(17-12)19-14(16)20/h11H,3-10H2,1-2H3,(H3,16,17,18,19,20). The summed E-state index contributed by atoms with van der Waals surface area (Å²) < 4.78 is 0. The summed E-state index contributed by atoms with van der Waals surface area (Å²) >= 11 is 4.86. The third kappa shape index (κ3) is 6.80. The van der Waals surface area contributed by atoms with Gasteiger partial charge in [-0.2, -0.15) is 0 Å². The molecule has 20 heavy (non-hydrogen) atoms. The summed E-state index contributed by atoms with van der Waals surface area (Å²) in [6.45, 7) is 4.41. The van der Waals surface area contributed by atoms with E-state index in [1.165, 1.54) is 25.7 Å². The Morgan fingerprint density at radius 1 is 1.05 bits per heavy atom. The van der Waals surface area contributed by atoms with Gasteiger partial charge in [0, 0.05) is 11.4 Å². The number of thiocarbonyl (C=S) groups is 1. The third-order valence-corrected chi connectivity index (χ3v) is 3.24. The van der Waals surface area contributed by atoms with Gasteiger partial charge in [-0.3, -0.25) is 0 Å². The van der Waals surface area contributed by atoms with Crippen molar-refractivity contribution in [1.82, 2.24) is 9.97 Å². The molecule has 0 aromatic carbocycles. The van der Waals surface area contributed by atoms with Crippen LogP contribution in [0, 0.1) is 0 Å². The highest BCUT2D eigenvalue weighted by Crippen LogP contribution is 2.12. The molecule has 0 aliphatic carbocycles. The maximum atomic E-state index is 5.51. The van der Waals surface area contributed by atoms with Crippen LogP contribution in [-0.4, -0.2) is 15.1 Å². The summed E-state index contributed by atoms with van der Waals surface area (Å²) in [4.78, 5) is 8.97. The van der Waals surface area contributed by atoms with Crippen molar-refractivity contribution in [1.29, 1.82) is 0 Å². The topological polar surface area (TPSA) is 63.8 Å². The van der Waals surface area contributed by atoms with Crippen molar-refractivity contribution in [3.8, 4) is 0 Å². The Labute approximate surface area is 127 Å². The van der Waals surface area contributed by atoms with Crippen molar-refractivity contribution in [2.24, 2.45) is 5.73 Å². The Kier molecular flexibility index (Phi) is 8.11. The van der Waals surface area contributed by atoms with Gasteiger partial charge in [-0.05, 0) is 44.0 Å². The van der Waals surface area contributed by atoms with E-state index in [-0.39, 0.29) is 5.11 Å². The summed E-state index contributed by atoms with van der Waals surface area (Å²) in [6, 6.07) is 2.12. The lowest BCUT2D eigenvalue weighted by molar-refractivity contribution is 0.692. The zero-order valence-corrected chi connectivity index (χ0v) is 13.4. The number of nitrogens with two attached hydrogens (primary N) is 1.